The molecule has 1 amide bonds. The van der Waals surface area contributed by atoms with Gasteiger partial charge in [0, 0.05) is 26.2 Å². The van der Waals surface area contributed by atoms with Crippen molar-refractivity contribution in [1.29, 1.82) is 0 Å². The van der Waals surface area contributed by atoms with Crippen molar-refractivity contribution in [3.63, 3.8) is 0 Å². The third kappa shape index (κ3) is 4.02. The standard InChI is InChI=1S/C22H25FN4O2S/c1-3-7-25-8-10-26(11-9-25)22(29)19-15(2)18-20(30-19)24-14-27(21(18)28)13-16-5-4-6-17(23)12-16/h4-6,12,14H,3,7-11,13H2,1-2H3. The van der Waals surface area contributed by atoms with Crippen molar-refractivity contribution >= 4 is 27.5 Å². The molecule has 0 radical (unpaired) electrons. The van der Waals surface area contributed by atoms with Crippen molar-refractivity contribution < 1.29 is 9.18 Å². The molecule has 30 heavy (non-hydrogen) atoms. The van der Waals surface area contributed by atoms with Gasteiger partial charge in [-0.1, -0.05) is 19.1 Å². The highest BCUT2D eigenvalue weighted by molar-refractivity contribution is 7.20. The molecule has 0 N–H and O–H groups in total. The van der Waals surface area contributed by atoms with Crippen LogP contribution in [0.1, 0.15) is 34.1 Å². The molecule has 0 unspecified atom stereocenters. The summed E-state index contributed by atoms with van der Waals surface area (Å²) in [6.07, 6.45) is 2.58. The third-order valence-corrected chi connectivity index (χ3v) is 6.74. The Balaban J connectivity index is 1.60. The smallest absolute Gasteiger partial charge is 0.264 e. The number of nitrogens with zero attached hydrogens (tertiary/aromatic N) is 4. The molecule has 0 bridgehead atoms. The van der Waals surface area contributed by atoms with Gasteiger partial charge in [0.1, 0.15) is 10.6 Å². The van der Waals surface area contributed by atoms with Gasteiger partial charge in [0.25, 0.3) is 11.5 Å². The van der Waals surface area contributed by atoms with Gasteiger partial charge in [0.05, 0.1) is 23.1 Å². The summed E-state index contributed by atoms with van der Waals surface area (Å²) in [4.78, 5) is 36.0. The van der Waals surface area contributed by atoms with Gasteiger partial charge >= 0.3 is 0 Å². The highest BCUT2D eigenvalue weighted by Gasteiger charge is 2.26. The number of thiophene rings is 1. The lowest BCUT2D eigenvalue weighted by atomic mass is 10.2. The summed E-state index contributed by atoms with van der Waals surface area (Å²) in [5.41, 5.74) is 1.17. The molecule has 0 spiro atoms. The van der Waals surface area contributed by atoms with E-state index in [1.54, 1.807) is 12.1 Å². The summed E-state index contributed by atoms with van der Waals surface area (Å²) < 4.78 is 14.9. The number of hydrogen-bond donors (Lipinski definition) is 0. The van der Waals surface area contributed by atoms with E-state index in [9.17, 15) is 14.0 Å². The molecule has 1 saturated heterocycles. The van der Waals surface area contributed by atoms with Crippen molar-refractivity contribution in [2.75, 3.05) is 32.7 Å². The number of rotatable bonds is 5. The number of carbonyl (C=O) groups excluding carboxylic acids is 1. The van der Waals surface area contributed by atoms with Crippen molar-refractivity contribution in [3.8, 4) is 0 Å². The SMILES string of the molecule is CCCN1CCN(C(=O)c2sc3ncn(Cc4cccc(F)c4)c(=O)c3c2C)CC1. The zero-order chi connectivity index (χ0) is 21.3. The lowest BCUT2D eigenvalue weighted by molar-refractivity contribution is 0.0642. The van der Waals surface area contributed by atoms with Gasteiger partial charge in [-0.05, 0) is 43.1 Å². The normalized spacial score (nSPS) is 15.1. The van der Waals surface area contributed by atoms with Gasteiger partial charge < -0.3 is 4.90 Å². The van der Waals surface area contributed by atoms with Crippen molar-refractivity contribution in [3.05, 3.63) is 62.8 Å². The maximum absolute atomic E-state index is 13.5. The van der Waals surface area contributed by atoms with E-state index in [0.717, 1.165) is 26.1 Å². The molecule has 0 aliphatic carbocycles. The molecular formula is C22H25FN4O2S. The van der Waals surface area contributed by atoms with E-state index in [4.69, 9.17) is 0 Å². The fourth-order valence-corrected chi connectivity index (χ4v) is 5.05. The predicted octanol–water partition coefficient (Wildman–Crippen LogP) is 3.12. The maximum Gasteiger partial charge on any atom is 0.264 e. The molecule has 1 fully saturated rings. The van der Waals surface area contributed by atoms with Gasteiger partial charge in [-0.3, -0.25) is 19.1 Å². The Morgan fingerprint density at radius 2 is 2.00 bits per heavy atom. The topological polar surface area (TPSA) is 58.4 Å². The molecule has 3 aromatic rings. The first-order valence-corrected chi connectivity index (χ1v) is 11.0. The second-order valence-electron chi connectivity index (χ2n) is 7.68. The van der Waals surface area contributed by atoms with Gasteiger partial charge in [0.2, 0.25) is 0 Å². The zero-order valence-electron chi connectivity index (χ0n) is 17.2. The number of carbonyl (C=O) groups is 1. The summed E-state index contributed by atoms with van der Waals surface area (Å²) in [6.45, 7) is 8.41. The largest absolute Gasteiger partial charge is 0.335 e. The number of aryl methyl sites for hydroxylation is 1. The Kier molecular flexibility index (Phi) is 5.97. The molecule has 1 aromatic carbocycles. The van der Waals surface area contributed by atoms with Crippen LogP contribution in [0.25, 0.3) is 10.2 Å². The van der Waals surface area contributed by atoms with Crippen LogP contribution in [0.4, 0.5) is 4.39 Å². The lowest BCUT2D eigenvalue weighted by Gasteiger charge is -2.34. The van der Waals surface area contributed by atoms with E-state index in [1.807, 2.05) is 11.8 Å². The number of fused-ring (bicyclic) bond motifs is 1. The first kappa shape index (κ1) is 20.7. The van der Waals surface area contributed by atoms with Gasteiger partial charge in [0.15, 0.2) is 0 Å². The van der Waals surface area contributed by atoms with Crippen LogP contribution in [0.3, 0.4) is 0 Å². The number of aromatic nitrogens is 2. The van der Waals surface area contributed by atoms with E-state index < -0.39 is 0 Å². The molecule has 4 rings (SSSR count). The second-order valence-corrected chi connectivity index (χ2v) is 8.68. The van der Waals surface area contributed by atoms with Crippen molar-refractivity contribution in [2.45, 2.75) is 26.8 Å². The van der Waals surface area contributed by atoms with Gasteiger partial charge in [-0.25, -0.2) is 9.37 Å². The minimum atomic E-state index is -0.340. The van der Waals surface area contributed by atoms with Crippen LogP contribution in [0.5, 0.6) is 0 Å². The molecular weight excluding hydrogens is 403 g/mol. The van der Waals surface area contributed by atoms with E-state index in [2.05, 4.69) is 16.8 Å². The minimum absolute atomic E-state index is 0.0253. The summed E-state index contributed by atoms with van der Waals surface area (Å²) in [5, 5.41) is 0.479. The Bertz CT molecular complexity index is 1130. The number of benzene rings is 1. The first-order valence-electron chi connectivity index (χ1n) is 10.2. The van der Waals surface area contributed by atoms with Gasteiger partial charge in [-0.15, -0.1) is 11.3 Å². The molecule has 8 heteroatoms. The number of hydrogen-bond acceptors (Lipinski definition) is 5. The maximum atomic E-state index is 13.5. The summed E-state index contributed by atoms with van der Waals surface area (Å²) in [5.74, 6) is -0.365. The molecule has 3 heterocycles. The van der Waals surface area contributed by atoms with Gasteiger partial charge in [-0.2, -0.15) is 0 Å². The molecule has 6 nitrogen and oxygen atoms in total. The molecule has 158 valence electrons. The first-order chi connectivity index (χ1) is 14.5. The average molecular weight is 429 g/mol. The zero-order valence-corrected chi connectivity index (χ0v) is 18.0. The third-order valence-electron chi connectivity index (χ3n) is 5.55. The molecule has 0 atom stereocenters. The van der Waals surface area contributed by atoms with Crippen LogP contribution in [-0.4, -0.2) is 58.0 Å². The second kappa shape index (κ2) is 8.65. The monoisotopic (exact) mass is 428 g/mol. The Labute approximate surface area is 178 Å². The predicted molar refractivity (Wildman–Crippen MR) is 117 cm³/mol. The van der Waals surface area contributed by atoms with Crippen LogP contribution < -0.4 is 5.56 Å². The van der Waals surface area contributed by atoms with Crippen LogP contribution in [-0.2, 0) is 6.54 Å². The molecule has 0 saturated carbocycles. The lowest BCUT2D eigenvalue weighted by Crippen LogP contribution is -2.48. The summed E-state index contributed by atoms with van der Waals surface area (Å²) in [7, 11) is 0. The van der Waals surface area contributed by atoms with E-state index in [0.29, 0.717) is 39.3 Å². The fraction of sp³-hybridized carbons (Fsp3) is 0.409. The highest BCUT2D eigenvalue weighted by atomic mass is 32.1. The number of piperazine rings is 1. The summed E-state index contributed by atoms with van der Waals surface area (Å²) in [6, 6.07) is 6.17. The quantitative estimate of drug-likeness (QED) is 0.627. The minimum Gasteiger partial charge on any atom is -0.335 e. The van der Waals surface area contributed by atoms with Crippen LogP contribution >= 0.6 is 11.3 Å². The summed E-state index contributed by atoms with van der Waals surface area (Å²) >= 11 is 1.28. The molecule has 1 aliphatic heterocycles. The van der Waals surface area contributed by atoms with E-state index in [-0.39, 0.29) is 23.8 Å². The Morgan fingerprint density at radius 1 is 1.23 bits per heavy atom. The number of halogens is 1. The Morgan fingerprint density at radius 3 is 2.70 bits per heavy atom. The van der Waals surface area contributed by atoms with Crippen LogP contribution in [0.2, 0.25) is 0 Å². The van der Waals surface area contributed by atoms with Crippen LogP contribution in [0.15, 0.2) is 35.4 Å². The highest BCUT2D eigenvalue weighted by Crippen LogP contribution is 2.28. The van der Waals surface area contributed by atoms with E-state index >= 15 is 0 Å². The van der Waals surface area contributed by atoms with Crippen molar-refractivity contribution in [2.24, 2.45) is 0 Å². The molecule has 2 aromatic heterocycles. The Hall–Kier alpha value is -2.58. The van der Waals surface area contributed by atoms with Crippen molar-refractivity contribution in [1.82, 2.24) is 19.4 Å². The fourth-order valence-electron chi connectivity index (χ4n) is 3.94. The number of amides is 1. The average Bonchev–Trinajstić information content (AvgIpc) is 3.07. The van der Waals surface area contributed by atoms with E-state index in [1.165, 1.54) is 34.4 Å². The molecule has 1 aliphatic rings. The van der Waals surface area contributed by atoms with Crippen LogP contribution in [0, 0.1) is 12.7 Å².